The Labute approximate surface area is 123 Å². The van der Waals surface area contributed by atoms with Crippen molar-refractivity contribution in [2.45, 2.75) is 0 Å². The van der Waals surface area contributed by atoms with Crippen LogP contribution in [0.25, 0.3) is 0 Å². The number of carboxylic acids is 2. The van der Waals surface area contributed by atoms with E-state index in [1.165, 1.54) is 12.1 Å². The van der Waals surface area contributed by atoms with Gasteiger partial charge in [-0.2, -0.15) is 0 Å². The van der Waals surface area contributed by atoms with Gasteiger partial charge in [-0.15, -0.1) is 0 Å². The molecule has 1 aliphatic rings. The lowest BCUT2D eigenvalue weighted by molar-refractivity contribution is 0.0692. The van der Waals surface area contributed by atoms with Gasteiger partial charge in [-0.05, 0) is 12.1 Å². The van der Waals surface area contributed by atoms with E-state index in [1.54, 1.807) is 12.1 Å². The summed E-state index contributed by atoms with van der Waals surface area (Å²) in [4.78, 5) is 47.4. The first-order valence-corrected chi connectivity index (χ1v) is 6.25. The van der Waals surface area contributed by atoms with Gasteiger partial charge in [-0.1, -0.05) is 24.3 Å². The highest BCUT2D eigenvalue weighted by Crippen LogP contribution is 2.30. The van der Waals surface area contributed by atoms with Gasteiger partial charge < -0.3 is 10.2 Å². The second-order valence-corrected chi connectivity index (χ2v) is 4.76. The summed E-state index contributed by atoms with van der Waals surface area (Å²) in [5.41, 5.74) is -1.04. The minimum atomic E-state index is -1.46. The van der Waals surface area contributed by atoms with E-state index in [9.17, 15) is 24.3 Å². The minimum Gasteiger partial charge on any atom is -0.478 e. The van der Waals surface area contributed by atoms with Gasteiger partial charge >= 0.3 is 11.9 Å². The molecule has 0 spiro atoms. The van der Waals surface area contributed by atoms with Crippen molar-refractivity contribution >= 4 is 23.5 Å². The fraction of sp³-hybridized carbons (Fsp3) is 0. The number of carboxylic acid groups (broad SMARTS) is 2. The summed E-state index contributed by atoms with van der Waals surface area (Å²) in [6, 6.07) is 7.97. The average molecular weight is 296 g/mol. The number of benzene rings is 2. The van der Waals surface area contributed by atoms with Crippen LogP contribution in [0.15, 0.2) is 36.4 Å². The summed E-state index contributed by atoms with van der Waals surface area (Å²) in [6.07, 6.45) is 0. The van der Waals surface area contributed by atoms with Crippen molar-refractivity contribution in [2.24, 2.45) is 0 Å². The zero-order valence-electron chi connectivity index (χ0n) is 11.0. The molecular formula is C16H8O6. The van der Waals surface area contributed by atoms with Crippen molar-refractivity contribution in [1.29, 1.82) is 0 Å². The molecule has 0 radical (unpaired) electrons. The summed E-state index contributed by atoms with van der Waals surface area (Å²) in [5, 5.41) is 18.3. The lowest BCUT2D eigenvalue weighted by atomic mass is 9.81. The predicted octanol–water partition coefficient (Wildman–Crippen LogP) is 1.86. The summed E-state index contributed by atoms with van der Waals surface area (Å²) in [6.45, 7) is 0. The van der Waals surface area contributed by atoms with Crippen LogP contribution in [0.4, 0.5) is 0 Å². The van der Waals surface area contributed by atoms with E-state index < -0.39 is 29.1 Å². The number of rotatable bonds is 2. The Morgan fingerprint density at radius 1 is 0.773 bits per heavy atom. The topological polar surface area (TPSA) is 109 Å². The number of aromatic carboxylic acids is 2. The molecule has 6 nitrogen and oxygen atoms in total. The first-order valence-electron chi connectivity index (χ1n) is 6.25. The molecule has 1 aliphatic carbocycles. The fourth-order valence-corrected chi connectivity index (χ4v) is 2.52. The summed E-state index contributed by atoms with van der Waals surface area (Å²) in [7, 11) is 0. The fourth-order valence-electron chi connectivity index (χ4n) is 2.52. The summed E-state index contributed by atoms with van der Waals surface area (Å²) in [5.74, 6) is -3.99. The molecule has 6 heteroatoms. The van der Waals surface area contributed by atoms with E-state index in [4.69, 9.17) is 5.11 Å². The number of carbonyl (C=O) groups excluding carboxylic acids is 2. The van der Waals surface area contributed by atoms with E-state index in [0.29, 0.717) is 0 Å². The number of carbonyl (C=O) groups is 4. The molecule has 0 bridgehead atoms. The van der Waals surface area contributed by atoms with Crippen molar-refractivity contribution in [2.75, 3.05) is 0 Å². The highest BCUT2D eigenvalue weighted by atomic mass is 16.4. The molecule has 22 heavy (non-hydrogen) atoms. The van der Waals surface area contributed by atoms with E-state index in [1.807, 2.05) is 0 Å². The molecule has 0 unspecified atom stereocenters. The van der Waals surface area contributed by atoms with E-state index >= 15 is 0 Å². The monoisotopic (exact) mass is 296 g/mol. The standard InChI is InChI=1S/C16H8O6/c17-13-8-3-1-2-4-9(8)14(18)12-10(13)5-7(15(19)20)6-11(12)16(21)22/h1-6H,(H,19,20)(H,21,22). The second kappa shape index (κ2) is 4.63. The van der Waals surface area contributed by atoms with Gasteiger partial charge in [0.15, 0.2) is 11.6 Å². The van der Waals surface area contributed by atoms with Crippen LogP contribution in [-0.4, -0.2) is 33.7 Å². The third-order valence-electron chi connectivity index (χ3n) is 3.50. The van der Waals surface area contributed by atoms with Crippen LogP contribution in [0, 0.1) is 0 Å². The maximum Gasteiger partial charge on any atom is 0.336 e. The number of hydrogen-bond acceptors (Lipinski definition) is 4. The lowest BCUT2D eigenvalue weighted by Crippen LogP contribution is -2.24. The normalized spacial score (nSPS) is 12.5. The highest BCUT2D eigenvalue weighted by molar-refractivity contribution is 6.30. The third-order valence-corrected chi connectivity index (χ3v) is 3.50. The van der Waals surface area contributed by atoms with Crippen LogP contribution in [-0.2, 0) is 0 Å². The molecule has 0 saturated carbocycles. The molecule has 0 saturated heterocycles. The molecule has 2 N–H and O–H groups in total. The lowest BCUT2D eigenvalue weighted by Gasteiger charge is -2.19. The van der Waals surface area contributed by atoms with E-state index in [-0.39, 0.29) is 27.8 Å². The molecule has 0 aromatic heterocycles. The molecular weight excluding hydrogens is 288 g/mol. The van der Waals surface area contributed by atoms with E-state index in [2.05, 4.69) is 0 Å². The number of hydrogen-bond donors (Lipinski definition) is 2. The Hall–Kier alpha value is -3.28. The Morgan fingerprint density at radius 2 is 1.36 bits per heavy atom. The van der Waals surface area contributed by atoms with Crippen molar-refractivity contribution < 1.29 is 29.4 Å². The van der Waals surface area contributed by atoms with Crippen LogP contribution in [0.2, 0.25) is 0 Å². The largest absolute Gasteiger partial charge is 0.478 e. The Kier molecular flexibility index (Phi) is 2.88. The number of fused-ring (bicyclic) bond motifs is 2. The van der Waals surface area contributed by atoms with Gasteiger partial charge in [-0.25, -0.2) is 9.59 Å². The molecule has 0 fully saturated rings. The molecule has 0 aliphatic heterocycles. The van der Waals surface area contributed by atoms with Crippen LogP contribution in [0.5, 0.6) is 0 Å². The molecule has 3 rings (SSSR count). The number of ketones is 2. The van der Waals surface area contributed by atoms with Crippen molar-refractivity contribution in [1.82, 2.24) is 0 Å². The zero-order valence-corrected chi connectivity index (χ0v) is 11.0. The maximum atomic E-state index is 12.5. The Morgan fingerprint density at radius 3 is 1.91 bits per heavy atom. The average Bonchev–Trinajstić information content (AvgIpc) is 2.51. The SMILES string of the molecule is O=C(O)c1cc(C(=O)O)c2c(c1)C(=O)c1ccccc1C2=O. The van der Waals surface area contributed by atoms with Crippen molar-refractivity contribution in [3.8, 4) is 0 Å². The van der Waals surface area contributed by atoms with Gasteiger partial charge in [0.05, 0.1) is 11.1 Å². The van der Waals surface area contributed by atoms with Crippen molar-refractivity contribution in [3.63, 3.8) is 0 Å². The molecule has 0 heterocycles. The van der Waals surface area contributed by atoms with Gasteiger partial charge in [0.1, 0.15) is 0 Å². The molecule has 2 aromatic carbocycles. The van der Waals surface area contributed by atoms with Gasteiger partial charge in [0, 0.05) is 22.3 Å². The van der Waals surface area contributed by atoms with E-state index in [0.717, 1.165) is 12.1 Å². The molecule has 108 valence electrons. The molecule has 2 aromatic rings. The van der Waals surface area contributed by atoms with Crippen LogP contribution >= 0.6 is 0 Å². The van der Waals surface area contributed by atoms with Crippen LogP contribution in [0.1, 0.15) is 52.6 Å². The van der Waals surface area contributed by atoms with Crippen LogP contribution in [0.3, 0.4) is 0 Å². The first-order chi connectivity index (χ1) is 10.4. The molecule has 0 atom stereocenters. The minimum absolute atomic E-state index is 0.116. The molecule has 0 amide bonds. The van der Waals surface area contributed by atoms with Gasteiger partial charge in [0.25, 0.3) is 0 Å². The first kappa shape index (κ1) is 13.7. The summed E-state index contributed by atoms with van der Waals surface area (Å²) < 4.78 is 0. The smallest absolute Gasteiger partial charge is 0.336 e. The third kappa shape index (κ3) is 1.81. The van der Waals surface area contributed by atoms with Gasteiger partial charge in [0.2, 0.25) is 0 Å². The Bertz CT molecular complexity index is 878. The zero-order chi connectivity index (χ0) is 16.0. The van der Waals surface area contributed by atoms with Crippen molar-refractivity contribution in [3.05, 3.63) is 69.8 Å². The summed E-state index contributed by atoms with van der Waals surface area (Å²) >= 11 is 0. The predicted molar refractivity (Wildman–Crippen MR) is 73.7 cm³/mol. The highest BCUT2D eigenvalue weighted by Gasteiger charge is 2.34. The quantitative estimate of drug-likeness (QED) is 0.747. The Balaban J connectivity index is 2.39. The van der Waals surface area contributed by atoms with Crippen LogP contribution < -0.4 is 0 Å². The second-order valence-electron chi connectivity index (χ2n) is 4.76. The maximum absolute atomic E-state index is 12.5. The van der Waals surface area contributed by atoms with Gasteiger partial charge in [-0.3, -0.25) is 9.59 Å².